The van der Waals surface area contributed by atoms with Gasteiger partial charge in [0.05, 0.1) is 12.1 Å². The van der Waals surface area contributed by atoms with Crippen molar-refractivity contribution in [3.8, 4) is 5.75 Å². The van der Waals surface area contributed by atoms with Gasteiger partial charge in [-0.2, -0.15) is 0 Å². The highest BCUT2D eigenvalue weighted by Gasteiger charge is 2.25. The molecule has 1 amide bonds. The van der Waals surface area contributed by atoms with Gasteiger partial charge in [-0.25, -0.2) is 9.59 Å². The van der Waals surface area contributed by atoms with E-state index in [4.69, 9.17) is 14.9 Å². The number of fused-ring (bicyclic) bond motifs is 1. The molecule has 0 saturated heterocycles. The van der Waals surface area contributed by atoms with Crippen LogP contribution < -0.4 is 10.1 Å². The topological polar surface area (TPSA) is 116 Å². The number of rotatable bonds is 5. The average molecular weight is 350 g/mol. The van der Waals surface area contributed by atoms with E-state index in [1.807, 2.05) is 38.4 Å². The fourth-order valence-electron chi connectivity index (χ4n) is 2.16. The van der Waals surface area contributed by atoms with Gasteiger partial charge in [-0.1, -0.05) is 12.1 Å². The number of para-hydroxylation sites is 1. The van der Waals surface area contributed by atoms with E-state index >= 15 is 0 Å². The summed E-state index contributed by atoms with van der Waals surface area (Å²) in [6.45, 7) is 1.52. The molecule has 0 aliphatic carbocycles. The van der Waals surface area contributed by atoms with Gasteiger partial charge in [0.25, 0.3) is 5.91 Å². The van der Waals surface area contributed by atoms with E-state index in [9.17, 15) is 14.4 Å². The number of likely N-dealkylation sites (N-methyl/N-ethyl adjacent to an activating group) is 1. The average Bonchev–Trinajstić information content (AvgIpc) is 2.69. The number of carbonyl (C=O) groups is 3. The molecule has 1 aromatic carbocycles. The van der Waals surface area contributed by atoms with Crippen molar-refractivity contribution >= 4 is 17.8 Å². The molecule has 8 nitrogen and oxygen atoms in total. The number of hydrogen-bond donors (Lipinski definition) is 3. The van der Waals surface area contributed by atoms with Crippen molar-refractivity contribution in [1.82, 2.24) is 10.2 Å². The lowest BCUT2D eigenvalue weighted by Gasteiger charge is -2.20. The number of carbonyl (C=O) groups excluding carboxylic acids is 1. The van der Waals surface area contributed by atoms with Crippen LogP contribution in [0.25, 0.3) is 0 Å². The molecule has 0 fully saturated rings. The molecule has 1 unspecified atom stereocenters. The van der Waals surface area contributed by atoms with Crippen LogP contribution in [0.4, 0.5) is 0 Å². The van der Waals surface area contributed by atoms with Crippen LogP contribution in [-0.2, 0) is 9.59 Å². The van der Waals surface area contributed by atoms with Crippen molar-refractivity contribution < 1.29 is 29.3 Å². The molecule has 1 aromatic rings. The Hall–Kier alpha value is -2.87. The number of nitrogens with zero attached hydrogens (tertiary/aromatic N) is 1. The van der Waals surface area contributed by atoms with E-state index in [-0.39, 0.29) is 12.0 Å². The highest BCUT2D eigenvalue weighted by atomic mass is 16.5. The molecule has 0 spiro atoms. The molecule has 8 heteroatoms. The highest BCUT2D eigenvalue weighted by molar-refractivity contribution is 5.97. The molecule has 1 heterocycles. The molecular weight excluding hydrogens is 328 g/mol. The molecule has 136 valence electrons. The van der Waals surface area contributed by atoms with Crippen molar-refractivity contribution in [1.29, 1.82) is 0 Å². The van der Waals surface area contributed by atoms with Gasteiger partial charge in [0.1, 0.15) is 11.9 Å². The third-order valence-electron chi connectivity index (χ3n) is 3.32. The number of nitrogens with one attached hydrogen (secondary N) is 1. The lowest BCUT2D eigenvalue weighted by molar-refractivity contribution is -0.134. The zero-order chi connectivity index (χ0) is 18.8. The summed E-state index contributed by atoms with van der Waals surface area (Å²) >= 11 is 0. The zero-order valence-corrected chi connectivity index (χ0v) is 14.1. The lowest BCUT2D eigenvalue weighted by Crippen LogP contribution is -2.35. The first-order chi connectivity index (χ1) is 11.8. The van der Waals surface area contributed by atoms with Crippen molar-refractivity contribution in [3.63, 3.8) is 0 Å². The molecule has 2 rings (SSSR count). The minimum Gasteiger partial charge on any atom is -0.488 e. The van der Waals surface area contributed by atoms with E-state index in [0.29, 0.717) is 30.0 Å². The number of amides is 1. The van der Waals surface area contributed by atoms with Gasteiger partial charge in [-0.05, 0) is 32.1 Å². The quantitative estimate of drug-likeness (QED) is 0.674. The predicted octanol–water partition coefficient (Wildman–Crippen LogP) is 0.841. The van der Waals surface area contributed by atoms with E-state index in [1.165, 1.54) is 0 Å². The fourth-order valence-corrected chi connectivity index (χ4v) is 2.16. The third kappa shape index (κ3) is 7.05. The summed E-state index contributed by atoms with van der Waals surface area (Å²) < 4.78 is 5.90. The normalized spacial score (nSPS) is 16.3. The van der Waals surface area contributed by atoms with Crippen LogP contribution in [0.1, 0.15) is 16.8 Å². The first kappa shape index (κ1) is 20.2. The first-order valence-electron chi connectivity index (χ1n) is 7.64. The Morgan fingerprint density at radius 3 is 2.44 bits per heavy atom. The van der Waals surface area contributed by atoms with Gasteiger partial charge in [0, 0.05) is 19.2 Å². The Morgan fingerprint density at radius 1 is 1.28 bits per heavy atom. The molecule has 25 heavy (non-hydrogen) atoms. The number of benzene rings is 1. The summed E-state index contributed by atoms with van der Waals surface area (Å²) in [6.07, 6.45) is 2.06. The summed E-state index contributed by atoms with van der Waals surface area (Å²) in [5, 5.41) is 18.7. The summed E-state index contributed by atoms with van der Waals surface area (Å²) in [4.78, 5) is 32.9. The van der Waals surface area contributed by atoms with E-state index in [1.54, 1.807) is 4.90 Å². The molecule has 0 saturated carbocycles. The van der Waals surface area contributed by atoms with Gasteiger partial charge < -0.3 is 25.2 Å². The maximum Gasteiger partial charge on any atom is 0.328 e. The number of hydrogen-bond acceptors (Lipinski definition) is 5. The van der Waals surface area contributed by atoms with Crippen LogP contribution in [0.3, 0.4) is 0 Å². The number of carboxylic acid groups (broad SMARTS) is 2. The van der Waals surface area contributed by atoms with Crippen LogP contribution in [-0.4, -0.2) is 66.2 Å². The van der Waals surface area contributed by atoms with Gasteiger partial charge in [0.15, 0.2) is 0 Å². The first-order valence-corrected chi connectivity index (χ1v) is 7.64. The van der Waals surface area contributed by atoms with E-state index in [2.05, 4.69) is 5.32 Å². The van der Waals surface area contributed by atoms with Crippen molar-refractivity contribution in [3.05, 3.63) is 42.0 Å². The smallest absolute Gasteiger partial charge is 0.328 e. The minimum absolute atomic E-state index is 0.0348. The second-order valence-corrected chi connectivity index (χ2v) is 5.32. The van der Waals surface area contributed by atoms with Gasteiger partial charge in [0.2, 0.25) is 0 Å². The summed E-state index contributed by atoms with van der Waals surface area (Å²) in [6, 6.07) is 7.43. The fraction of sp³-hybridized carbons (Fsp3) is 0.353. The summed E-state index contributed by atoms with van der Waals surface area (Å²) in [7, 11) is 3.74. The number of aliphatic carboxylic acids is 2. The third-order valence-corrected chi connectivity index (χ3v) is 3.32. The van der Waals surface area contributed by atoms with Crippen molar-refractivity contribution in [2.45, 2.75) is 12.5 Å². The van der Waals surface area contributed by atoms with E-state index in [0.717, 1.165) is 13.0 Å². The maximum absolute atomic E-state index is 12.1. The highest BCUT2D eigenvalue weighted by Crippen LogP contribution is 2.24. The van der Waals surface area contributed by atoms with Crippen LogP contribution in [0.2, 0.25) is 0 Å². The molecular formula is C17H22N2O6. The van der Waals surface area contributed by atoms with E-state index < -0.39 is 11.9 Å². The number of ether oxygens (including phenoxy) is 1. The summed E-state index contributed by atoms with van der Waals surface area (Å²) in [5.41, 5.74) is 0.655. The molecule has 1 atom stereocenters. The van der Waals surface area contributed by atoms with Gasteiger partial charge >= 0.3 is 11.9 Å². The Balaban J connectivity index is 0.000000333. The monoisotopic (exact) mass is 350 g/mol. The minimum atomic E-state index is -1.26. The molecule has 3 N–H and O–H groups in total. The number of carboxylic acids is 2. The van der Waals surface area contributed by atoms with Gasteiger partial charge in [-0.15, -0.1) is 0 Å². The van der Waals surface area contributed by atoms with Crippen LogP contribution in [0.15, 0.2) is 36.4 Å². The van der Waals surface area contributed by atoms with Crippen molar-refractivity contribution in [2.24, 2.45) is 0 Å². The van der Waals surface area contributed by atoms with Crippen molar-refractivity contribution in [2.75, 3.05) is 27.2 Å². The second-order valence-electron chi connectivity index (χ2n) is 5.32. The predicted molar refractivity (Wildman–Crippen MR) is 90.8 cm³/mol. The second kappa shape index (κ2) is 10.1. The molecule has 0 aromatic heterocycles. The van der Waals surface area contributed by atoms with Crippen LogP contribution in [0.5, 0.6) is 5.75 Å². The lowest BCUT2D eigenvalue weighted by atomic mass is 10.2. The Kier molecular flexibility index (Phi) is 8.14. The van der Waals surface area contributed by atoms with Gasteiger partial charge in [-0.3, -0.25) is 4.79 Å². The zero-order valence-electron chi connectivity index (χ0n) is 14.1. The van der Waals surface area contributed by atoms with Crippen LogP contribution >= 0.6 is 0 Å². The molecule has 1 aliphatic heterocycles. The maximum atomic E-state index is 12.1. The molecule has 0 bridgehead atoms. The standard InChI is InChI=1S/C13H18N2O2.C4H4O4/c1-14-8-7-10-9-15(2)13(16)11-5-3-4-6-12(11)17-10;5-3(6)1-2-4(7)8/h3-6,10,14H,7-9H2,1-2H3;1-2H,(H,5,6)(H,7,8)/b;2-1+. The largest absolute Gasteiger partial charge is 0.488 e. The SMILES string of the molecule is CNCCC1CN(C)C(=O)c2ccccc2O1.O=C(O)/C=C/C(=O)O. The Morgan fingerprint density at radius 2 is 1.88 bits per heavy atom. The van der Waals surface area contributed by atoms with Crippen LogP contribution in [0, 0.1) is 0 Å². The Labute approximate surface area is 145 Å². The Bertz CT molecular complexity index is 628. The summed E-state index contributed by atoms with van der Waals surface area (Å²) in [5.74, 6) is -1.78. The molecule has 0 radical (unpaired) electrons. The molecule has 1 aliphatic rings.